The molecule has 2 aromatic carbocycles. The molecule has 0 radical (unpaired) electrons. The van der Waals surface area contributed by atoms with Gasteiger partial charge in [-0.25, -0.2) is 4.98 Å². The quantitative estimate of drug-likeness (QED) is 0.521. The normalized spacial score (nSPS) is 13.0. The molecule has 0 spiro atoms. The molecule has 0 saturated heterocycles. The van der Waals surface area contributed by atoms with E-state index in [4.69, 9.17) is 10.5 Å². The first-order chi connectivity index (χ1) is 14.0. The van der Waals surface area contributed by atoms with Gasteiger partial charge in [0.25, 0.3) is 0 Å². The Morgan fingerprint density at radius 2 is 1.93 bits per heavy atom. The summed E-state index contributed by atoms with van der Waals surface area (Å²) in [6.45, 7) is 4.04. The van der Waals surface area contributed by atoms with Crippen molar-refractivity contribution in [1.82, 2.24) is 9.36 Å². The number of nitrogens with zero attached hydrogens (tertiary/aromatic N) is 2. The van der Waals surface area contributed by atoms with Crippen LogP contribution in [0.1, 0.15) is 40.7 Å². The second-order valence-electron chi connectivity index (χ2n) is 6.91. The van der Waals surface area contributed by atoms with Crippen LogP contribution in [0.5, 0.6) is 5.75 Å². The Morgan fingerprint density at radius 1 is 1.21 bits per heavy atom. The van der Waals surface area contributed by atoms with Gasteiger partial charge in [0.2, 0.25) is 5.13 Å². The van der Waals surface area contributed by atoms with Crippen LogP contribution in [0.2, 0.25) is 0 Å². The fraction of sp³-hybridized carbons (Fsp3) is 0.318. The molecule has 3 aromatic rings. The average molecular weight is 411 g/mol. The van der Waals surface area contributed by atoms with Crippen molar-refractivity contribution in [3.05, 3.63) is 71.0 Å². The number of carbonyl (C=O) groups excluding carboxylic acids is 1. The lowest BCUT2D eigenvalue weighted by Crippen LogP contribution is -2.45. The Hall–Kier alpha value is -2.77. The molecule has 0 amide bonds. The summed E-state index contributed by atoms with van der Waals surface area (Å²) < 4.78 is 9.61. The Bertz CT molecular complexity index is 955. The number of nitrogens with two attached hydrogens (primary N) is 1. The van der Waals surface area contributed by atoms with Crippen LogP contribution in [-0.4, -0.2) is 34.3 Å². The first-order valence-corrected chi connectivity index (χ1v) is 10.4. The SMILES string of the molecule is CCC(N)C(Nc1nc(Cc2ccccc2C)ns1)C(=O)c1ccc(OC)cc1. The summed E-state index contributed by atoms with van der Waals surface area (Å²) in [6, 6.07) is 14.3. The average Bonchev–Trinajstić information content (AvgIpc) is 3.19. The predicted octanol–water partition coefficient (Wildman–Crippen LogP) is 3.85. The smallest absolute Gasteiger partial charge is 0.203 e. The number of hydrogen-bond donors (Lipinski definition) is 2. The lowest BCUT2D eigenvalue weighted by Gasteiger charge is -2.22. The minimum atomic E-state index is -0.576. The minimum Gasteiger partial charge on any atom is -0.497 e. The second-order valence-corrected chi connectivity index (χ2v) is 7.66. The number of Topliss-reactive ketones (excluding diaryl/α,β-unsaturated/α-hetero) is 1. The molecule has 0 saturated carbocycles. The third-order valence-electron chi connectivity index (χ3n) is 4.91. The zero-order chi connectivity index (χ0) is 20.8. The monoisotopic (exact) mass is 410 g/mol. The molecular formula is C22H26N4O2S. The first kappa shape index (κ1) is 21.0. The molecule has 0 fully saturated rings. The van der Waals surface area contributed by atoms with Crippen LogP contribution in [0.3, 0.4) is 0 Å². The number of rotatable bonds is 9. The van der Waals surface area contributed by atoms with Crippen LogP contribution in [0.15, 0.2) is 48.5 Å². The molecule has 29 heavy (non-hydrogen) atoms. The number of methoxy groups -OCH3 is 1. The first-order valence-electron chi connectivity index (χ1n) is 9.59. The van der Waals surface area contributed by atoms with E-state index in [1.165, 1.54) is 22.7 Å². The summed E-state index contributed by atoms with van der Waals surface area (Å²) in [5, 5.41) is 3.82. The van der Waals surface area contributed by atoms with Crippen molar-refractivity contribution >= 4 is 22.4 Å². The van der Waals surface area contributed by atoms with Gasteiger partial charge in [-0.1, -0.05) is 31.2 Å². The van der Waals surface area contributed by atoms with E-state index in [0.717, 1.165) is 5.82 Å². The Morgan fingerprint density at radius 3 is 2.59 bits per heavy atom. The van der Waals surface area contributed by atoms with Gasteiger partial charge in [0, 0.05) is 29.6 Å². The number of aromatic nitrogens is 2. The molecule has 2 unspecified atom stereocenters. The van der Waals surface area contributed by atoms with E-state index in [1.807, 2.05) is 19.1 Å². The molecule has 7 heteroatoms. The van der Waals surface area contributed by atoms with E-state index in [9.17, 15) is 4.79 Å². The van der Waals surface area contributed by atoms with Gasteiger partial charge in [-0.15, -0.1) is 0 Å². The molecular weight excluding hydrogens is 384 g/mol. The van der Waals surface area contributed by atoms with Crippen molar-refractivity contribution in [1.29, 1.82) is 0 Å². The Kier molecular flexibility index (Phi) is 6.95. The van der Waals surface area contributed by atoms with Gasteiger partial charge in [0.15, 0.2) is 5.78 Å². The molecule has 0 aliphatic heterocycles. The highest BCUT2D eigenvalue weighted by atomic mass is 32.1. The van der Waals surface area contributed by atoms with Crippen LogP contribution < -0.4 is 15.8 Å². The van der Waals surface area contributed by atoms with E-state index >= 15 is 0 Å². The summed E-state index contributed by atoms with van der Waals surface area (Å²) in [7, 11) is 1.60. The molecule has 0 bridgehead atoms. The summed E-state index contributed by atoms with van der Waals surface area (Å²) >= 11 is 1.25. The number of anilines is 1. The molecule has 1 heterocycles. The second kappa shape index (κ2) is 9.62. The van der Waals surface area contributed by atoms with Gasteiger partial charge in [-0.05, 0) is 48.7 Å². The van der Waals surface area contributed by atoms with E-state index < -0.39 is 6.04 Å². The van der Waals surface area contributed by atoms with Gasteiger partial charge in [0.05, 0.1) is 7.11 Å². The molecule has 1 aromatic heterocycles. The highest BCUT2D eigenvalue weighted by molar-refractivity contribution is 7.09. The van der Waals surface area contributed by atoms with Gasteiger partial charge < -0.3 is 15.8 Å². The molecule has 152 valence electrons. The van der Waals surface area contributed by atoms with Crippen molar-refractivity contribution in [2.45, 2.75) is 38.8 Å². The minimum absolute atomic E-state index is 0.0716. The Balaban J connectivity index is 1.76. The number of benzene rings is 2. The summed E-state index contributed by atoms with van der Waals surface area (Å²) in [6.07, 6.45) is 1.32. The number of ketones is 1. The van der Waals surface area contributed by atoms with Crippen molar-refractivity contribution in [2.24, 2.45) is 5.73 Å². The van der Waals surface area contributed by atoms with Crippen molar-refractivity contribution < 1.29 is 9.53 Å². The van der Waals surface area contributed by atoms with E-state index in [1.54, 1.807) is 31.4 Å². The van der Waals surface area contributed by atoms with Crippen molar-refractivity contribution in [3.63, 3.8) is 0 Å². The number of hydrogen-bond acceptors (Lipinski definition) is 7. The Labute approximate surface area is 175 Å². The zero-order valence-electron chi connectivity index (χ0n) is 16.9. The fourth-order valence-corrected chi connectivity index (χ4v) is 3.66. The van der Waals surface area contributed by atoms with Crippen LogP contribution in [-0.2, 0) is 6.42 Å². The van der Waals surface area contributed by atoms with Crippen molar-refractivity contribution in [3.8, 4) is 5.75 Å². The molecule has 0 aliphatic carbocycles. The van der Waals surface area contributed by atoms with Gasteiger partial charge in [0.1, 0.15) is 17.6 Å². The van der Waals surface area contributed by atoms with Crippen LogP contribution in [0.4, 0.5) is 5.13 Å². The number of nitrogens with one attached hydrogen (secondary N) is 1. The maximum Gasteiger partial charge on any atom is 0.203 e. The molecule has 0 aliphatic rings. The van der Waals surface area contributed by atoms with Gasteiger partial charge >= 0.3 is 0 Å². The number of carbonyl (C=O) groups is 1. The maximum atomic E-state index is 13.1. The topological polar surface area (TPSA) is 90.1 Å². The van der Waals surface area contributed by atoms with Crippen LogP contribution >= 0.6 is 11.5 Å². The van der Waals surface area contributed by atoms with Crippen LogP contribution in [0.25, 0.3) is 0 Å². The van der Waals surface area contributed by atoms with Gasteiger partial charge in [-0.2, -0.15) is 4.37 Å². The summed E-state index contributed by atoms with van der Waals surface area (Å²) in [5.41, 5.74) is 9.23. The highest BCUT2D eigenvalue weighted by Gasteiger charge is 2.27. The number of aryl methyl sites for hydroxylation is 1. The van der Waals surface area contributed by atoms with E-state index in [0.29, 0.717) is 29.3 Å². The van der Waals surface area contributed by atoms with Crippen molar-refractivity contribution in [2.75, 3.05) is 12.4 Å². The summed E-state index contributed by atoms with van der Waals surface area (Å²) in [4.78, 5) is 17.6. The lowest BCUT2D eigenvalue weighted by atomic mass is 9.97. The predicted molar refractivity (Wildman–Crippen MR) is 117 cm³/mol. The van der Waals surface area contributed by atoms with Crippen LogP contribution in [0, 0.1) is 6.92 Å². The number of ether oxygens (including phenoxy) is 1. The van der Waals surface area contributed by atoms with E-state index in [-0.39, 0.29) is 11.8 Å². The third kappa shape index (κ3) is 5.19. The molecule has 6 nitrogen and oxygen atoms in total. The zero-order valence-corrected chi connectivity index (χ0v) is 17.7. The standard InChI is InChI=1S/C22H26N4O2S/c1-4-18(23)20(21(27)15-9-11-17(28-3)12-10-15)25-22-24-19(26-29-22)13-16-8-6-5-7-14(16)2/h5-12,18,20H,4,13,23H2,1-3H3,(H,24,25,26). The molecule has 2 atom stereocenters. The molecule has 3 N–H and O–H groups in total. The maximum absolute atomic E-state index is 13.1. The summed E-state index contributed by atoms with van der Waals surface area (Å²) in [5.74, 6) is 1.36. The van der Waals surface area contributed by atoms with E-state index in [2.05, 4.69) is 33.7 Å². The third-order valence-corrected chi connectivity index (χ3v) is 5.60. The highest BCUT2D eigenvalue weighted by Crippen LogP contribution is 2.20. The molecule has 3 rings (SSSR count). The fourth-order valence-electron chi connectivity index (χ4n) is 3.03. The largest absolute Gasteiger partial charge is 0.497 e. The van der Waals surface area contributed by atoms with Gasteiger partial charge in [-0.3, -0.25) is 4.79 Å². The lowest BCUT2D eigenvalue weighted by molar-refractivity contribution is 0.0958.